The van der Waals surface area contributed by atoms with Gasteiger partial charge in [0.2, 0.25) is 0 Å². The maximum Gasteiger partial charge on any atom is 0.251 e. The highest BCUT2D eigenvalue weighted by atomic mass is 16.1. The summed E-state index contributed by atoms with van der Waals surface area (Å²) in [6.45, 7) is 1.59. The first-order chi connectivity index (χ1) is 8.13. The van der Waals surface area contributed by atoms with Gasteiger partial charge in [-0.3, -0.25) is 4.79 Å². The first-order valence-corrected chi connectivity index (χ1v) is 6.11. The Kier molecular flexibility index (Phi) is 3.91. The molecule has 1 saturated carbocycles. The summed E-state index contributed by atoms with van der Waals surface area (Å²) in [4.78, 5) is 20.8. The Morgan fingerprint density at radius 1 is 1.53 bits per heavy atom. The van der Waals surface area contributed by atoms with Crippen LogP contribution in [0, 0.1) is 0 Å². The third-order valence-corrected chi connectivity index (χ3v) is 2.79. The molecular weight excluding hydrogens is 216 g/mol. The van der Waals surface area contributed by atoms with Crippen molar-refractivity contribution >= 4 is 0 Å². The number of hydrogen-bond acceptors (Lipinski definition) is 4. The number of aromatic amines is 1. The van der Waals surface area contributed by atoms with Crippen LogP contribution in [0.4, 0.5) is 0 Å². The highest BCUT2D eigenvalue weighted by Gasteiger charge is 2.20. The standard InChI is InChI=1S/C12H20N4O/c1-16(2)6-5-11-14-10(7-12(17)15-11)8-13-9-3-4-9/h7,9,13H,3-6,8H2,1-2H3,(H,14,15,17). The molecule has 0 unspecified atom stereocenters. The molecule has 1 aromatic rings. The predicted octanol–water partition coefficient (Wildman–Crippen LogP) is 0.126. The topological polar surface area (TPSA) is 61.0 Å². The third-order valence-electron chi connectivity index (χ3n) is 2.79. The van der Waals surface area contributed by atoms with Gasteiger partial charge in [-0.05, 0) is 26.9 Å². The molecule has 1 aliphatic rings. The lowest BCUT2D eigenvalue weighted by molar-refractivity contribution is 0.409. The summed E-state index contributed by atoms with van der Waals surface area (Å²) in [7, 11) is 4.02. The van der Waals surface area contributed by atoms with Gasteiger partial charge in [-0.25, -0.2) is 4.98 Å². The van der Waals surface area contributed by atoms with Gasteiger partial charge < -0.3 is 15.2 Å². The number of likely N-dealkylation sites (N-methyl/N-ethyl adjacent to an activating group) is 1. The zero-order valence-electron chi connectivity index (χ0n) is 10.5. The van der Waals surface area contributed by atoms with Crippen LogP contribution < -0.4 is 10.9 Å². The first kappa shape index (κ1) is 12.3. The number of nitrogens with zero attached hydrogens (tertiary/aromatic N) is 2. The molecule has 1 heterocycles. The van der Waals surface area contributed by atoms with Crippen LogP contribution in [-0.2, 0) is 13.0 Å². The van der Waals surface area contributed by atoms with Crippen LogP contribution >= 0.6 is 0 Å². The monoisotopic (exact) mass is 236 g/mol. The summed E-state index contributed by atoms with van der Waals surface area (Å²) < 4.78 is 0. The van der Waals surface area contributed by atoms with Crippen molar-refractivity contribution in [2.45, 2.75) is 31.8 Å². The molecule has 5 nitrogen and oxygen atoms in total. The molecule has 0 radical (unpaired) electrons. The molecule has 1 aromatic heterocycles. The Morgan fingerprint density at radius 3 is 2.94 bits per heavy atom. The zero-order valence-corrected chi connectivity index (χ0v) is 10.5. The molecule has 0 bridgehead atoms. The largest absolute Gasteiger partial charge is 0.310 e. The molecule has 2 rings (SSSR count). The van der Waals surface area contributed by atoms with E-state index in [2.05, 4.69) is 20.2 Å². The Bertz CT molecular complexity index is 396. The van der Waals surface area contributed by atoms with Gasteiger partial charge in [0.05, 0.1) is 5.69 Å². The third kappa shape index (κ3) is 4.28. The normalized spacial score (nSPS) is 15.5. The molecule has 0 aromatic carbocycles. The number of nitrogens with one attached hydrogen (secondary N) is 2. The van der Waals surface area contributed by atoms with Crippen molar-refractivity contribution in [1.82, 2.24) is 20.2 Å². The van der Waals surface area contributed by atoms with E-state index in [9.17, 15) is 4.79 Å². The van der Waals surface area contributed by atoms with Crippen molar-refractivity contribution in [3.05, 3.63) is 27.9 Å². The van der Waals surface area contributed by atoms with E-state index in [4.69, 9.17) is 0 Å². The molecule has 1 fully saturated rings. The van der Waals surface area contributed by atoms with E-state index in [1.807, 2.05) is 14.1 Å². The van der Waals surface area contributed by atoms with Gasteiger partial charge in [-0.15, -0.1) is 0 Å². The maximum atomic E-state index is 11.5. The highest BCUT2D eigenvalue weighted by molar-refractivity contribution is 5.03. The lowest BCUT2D eigenvalue weighted by Gasteiger charge is -2.09. The molecule has 1 aliphatic carbocycles. The molecule has 0 amide bonds. The van der Waals surface area contributed by atoms with Crippen LogP contribution in [0.3, 0.4) is 0 Å². The number of aromatic nitrogens is 2. The minimum atomic E-state index is -0.0543. The zero-order chi connectivity index (χ0) is 12.3. The van der Waals surface area contributed by atoms with Gasteiger partial charge in [0.25, 0.3) is 5.56 Å². The molecule has 5 heteroatoms. The number of hydrogen-bond donors (Lipinski definition) is 2. The second kappa shape index (κ2) is 5.42. The van der Waals surface area contributed by atoms with Crippen LogP contribution in [0.15, 0.2) is 10.9 Å². The average molecular weight is 236 g/mol. The van der Waals surface area contributed by atoms with Crippen LogP contribution in [0.5, 0.6) is 0 Å². The first-order valence-electron chi connectivity index (χ1n) is 6.11. The van der Waals surface area contributed by atoms with E-state index in [0.717, 1.165) is 24.5 Å². The van der Waals surface area contributed by atoms with Crippen molar-refractivity contribution < 1.29 is 0 Å². The van der Waals surface area contributed by atoms with E-state index in [0.29, 0.717) is 12.6 Å². The average Bonchev–Trinajstić information content (AvgIpc) is 3.07. The fourth-order valence-electron chi connectivity index (χ4n) is 1.64. The highest BCUT2D eigenvalue weighted by Crippen LogP contribution is 2.18. The van der Waals surface area contributed by atoms with Crippen molar-refractivity contribution in [2.24, 2.45) is 0 Å². The summed E-state index contributed by atoms with van der Waals surface area (Å²) in [6.07, 6.45) is 3.27. The Morgan fingerprint density at radius 2 is 2.29 bits per heavy atom. The molecular formula is C12H20N4O. The van der Waals surface area contributed by atoms with Crippen LogP contribution in [0.2, 0.25) is 0 Å². The molecule has 0 aliphatic heterocycles. The van der Waals surface area contributed by atoms with Crippen LogP contribution in [-0.4, -0.2) is 41.5 Å². The van der Waals surface area contributed by atoms with E-state index < -0.39 is 0 Å². The van der Waals surface area contributed by atoms with E-state index >= 15 is 0 Å². The molecule has 0 atom stereocenters. The lowest BCUT2D eigenvalue weighted by atomic mass is 10.3. The van der Waals surface area contributed by atoms with Gasteiger partial charge in [0, 0.05) is 31.6 Å². The summed E-state index contributed by atoms with van der Waals surface area (Å²) in [6, 6.07) is 2.22. The SMILES string of the molecule is CN(C)CCc1nc(CNC2CC2)cc(=O)[nH]1. The smallest absolute Gasteiger partial charge is 0.251 e. The number of H-pyrrole nitrogens is 1. The minimum Gasteiger partial charge on any atom is -0.310 e. The summed E-state index contributed by atoms with van der Waals surface area (Å²) in [5.41, 5.74) is 0.788. The maximum absolute atomic E-state index is 11.5. The van der Waals surface area contributed by atoms with Crippen LogP contribution in [0.1, 0.15) is 24.4 Å². The van der Waals surface area contributed by atoms with Crippen molar-refractivity contribution in [1.29, 1.82) is 0 Å². The summed E-state index contributed by atoms with van der Waals surface area (Å²) in [5, 5.41) is 3.37. The molecule has 2 N–H and O–H groups in total. The van der Waals surface area contributed by atoms with E-state index in [-0.39, 0.29) is 5.56 Å². The van der Waals surface area contributed by atoms with Crippen LogP contribution in [0.25, 0.3) is 0 Å². The van der Waals surface area contributed by atoms with Crippen molar-refractivity contribution in [3.63, 3.8) is 0 Å². The fourth-order valence-corrected chi connectivity index (χ4v) is 1.64. The minimum absolute atomic E-state index is 0.0543. The second-order valence-corrected chi connectivity index (χ2v) is 4.89. The summed E-state index contributed by atoms with van der Waals surface area (Å²) >= 11 is 0. The van der Waals surface area contributed by atoms with Gasteiger partial charge in [-0.1, -0.05) is 0 Å². The molecule has 17 heavy (non-hydrogen) atoms. The molecule has 0 spiro atoms. The van der Waals surface area contributed by atoms with Gasteiger partial charge in [0.1, 0.15) is 5.82 Å². The van der Waals surface area contributed by atoms with E-state index in [1.54, 1.807) is 6.07 Å². The predicted molar refractivity (Wildman–Crippen MR) is 67.0 cm³/mol. The van der Waals surface area contributed by atoms with Crippen molar-refractivity contribution in [3.8, 4) is 0 Å². The summed E-state index contributed by atoms with van der Waals surface area (Å²) in [5.74, 6) is 0.777. The Balaban J connectivity index is 1.97. The molecule has 0 saturated heterocycles. The van der Waals surface area contributed by atoms with E-state index in [1.165, 1.54) is 12.8 Å². The van der Waals surface area contributed by atoms with Gasteiger partial charge >= 0.3 is 0 Å². The number of rotatable bonds is 6. The Hall–Kier alpha value is -1.20. The quantitative estimate of drug-likeness (QED) is 0.737. The van der Waals surface area contributed by atoms with Crippen molar-refractivity contribution in [2.75, 3.05) is 20.6 Å². The van der Waals surface area contributed by atoms with Gasteiger partial charge in [-0.2, -0.15) is 0 Å². The van der Waals surface area contributed by atoms with Gasteiger partial charge in [0.15, 0.2) is 0 Å². The lowest BCUT2D eigenvalue weighted by Crippen LogP contribution is -2.22. The molecule has 94 valence electrons. The Labute approximate surface area is 101 Å². The fraction of sp³-hybridized carbons (Fsp3) is 0.667. The second-order valence-electron chi connectivity index (χ2n) is 4.89.